The highest BCUT2D eigenvalue weighted by molar-refractivity contribution is 5.78. The molecule has 0 aliphatic carbocycles. The Morgan fingerprint density at radius 2 is 1.79 bits per heavy atom. The Bertz CT molecular complexity index is 314. The third-order valence-electron chi connectivity index (χ3n) is 1.57. The summed E-state index contributed by atoms with van der Waals surface area (Å²) in [6, 6.07) is 7.46. The molecule has 0 spiro atoms. The Morgan fingerprint density at radius 3 is 2.14 bits per heavy atom. The van der Waals surface area contributed by atoms with E-state index in [2.05, 4.69) is 5.92 Å². The van der Waals surface area contributed by atoms with Gasteiger partial charge >= 0.3 is 0 Å². The zero-order valence-corrected chi connectivity index (χ0v) is 9.00. The van der Waals surface area contributed by atoms with Gasteiger partial charge in [-0.1, -0.05) is 31.9 Å². The molecule has 74 valence electrons. The number of Topliss-reactive ketones (excluding diaryl/α,β-unsaturated/α-hetero) is 1. The molecule has 0 saturated carbocycles. The van der Waals surface area contributed by atoms with Crippen LogP contribution < -0.4 is 0 Å². The van der Waals surface area contributed by atoms with E-state index in [9.17, 15) is 4.79 Å². The maximum atomic E-state index is 10.7. The van der Waals surface area contributed by atoms with Crippen LogP contribution in [0.5, 0.6) is 0 Å². The van der Waals surface area contributed by atoms with Gasteiger partial charge in [-0.3, -0.25) is 4.79 Å². The van der Waals surface area contributed by atoms with E-state index < -0.39 is 0 Å². The number of hydrogen-bond donors (Lipinski definition) is 0. The molecule has 0 aliphatic rings. The lowest BCUT2D eigenvalue weighted by atomic mass is 10.1. The minimum atomic E-state index is 0.170. The summed E-state index contributed by atoms with van der Waals surface area (Å²) >= 11 is 0. The maximum absolute atomic E-state index is 10.7. The summed E-state index contributed by atoms with van der Waals surface area (Å²) in [5.41, 5.74) is 1.86. The third kappa shape index (κ3) is 4.47. The first-order chi connectivity index (χ1) is 6.72. The Balaban J connectivity index is 0.000000791. The molecule has 0 aromatic heterocycles. The Hall–Kier alpha value is -1.55. The second-order valence-corrected chi connectivity index (χ2v) is 2.72. The molecule has 0 amide bonds. The summed E-state index contributed by atoms with van der Waals surface area (Å²) in [5, 5.41) is 0. The smallest absolute Gasteiger partial charge is 0.134 e. The quantitative estimate of drug-likeness (QED) is 0.652. The molecule has 1 aromatic rings. The van der Waals surface area contributed by atoms with Crippen molar-refractivity contribution in [3.8, 4) is 12.3 Å². The number of ketones is 1. The largest absolute Gasteiger partial charge is 0.300 e. The molecular formula is C13H16O. The van der Waals surface area contributed by atoms with Crippen molar-refractivity contribution in [3.05, 3.63) is 35.4 Å². The lowest BCUT2D eigenvalue weighted by Gasteiger charge is -1.96. The SMILES string of the molecule is C#Cc1ccc(CC(C)=O)cc1.CC. The molecule has 1 heteroatoms. The lowest BCUT2D eigenvalue weighted by Crippen LogP contribution is -1.95. The van der Waals surface area contributed by atoms with Crippen molar-refractivity contribution in [1.82, 2.24) is 0 Å². The van der Waals surface area contributed by atoms with Crippen LogP contribution in [0.1, 0.15) is 31.9 Å². The fraction of sp³-hybridized carbons (Fsp3) is 0.308. The second-order valence-electron chi connectivity index (χ2n) is 2.72. The van der Waals surface area contributed by atoms with Crippen LogP contribution in [-0.4, -0.2) is 5.78 Å². The maximum Gasteiger partial charge on any atom is 0.134 e. The average molecular weight is 188 g/mol. The van der Waals surface area contributed by atoms with Gasteiger partial charge in [-0.15, -0.1) is 6.42 Å². The molecule has 14 heavy (non-hydrogen) atoms. The molecule has 0 radical (unpaired) electrons. The van der Waals surface area contributed by atoms with E-state index in [-0.39, 0.29) is 5.78 Å². The first-order valence-electron chi connectivity index (χ1n) is 4.77. The Morgan fingerprint density at radius 1 is 1.29 bits per heavy atom. The van der Waals surface area contributed by atoms with Crippen molar-refractivity contribution in [3.63, 3.8) is 0 Å². The Labute approximate surface area is 86.2 Å². The van der Waals surface area contributed by atoms with Crippen molar-refractivity contribution in [1.29, 1.82) is 0 Å². The van der Waals surface area contributed by atoms with Gasteiger partial charge < -0.3 is 0 Å². The number of rotatable bonds is 2. The van der Waals surface area contributed by atoms with Crippen LogP contribution in [0.2, 0.25) is 0 Å². The highest BCUT2D eigenvalue weighted by Crippen LogP contribution is 2.03. The molecule has 0 saturated heterocycles. The van der Waals surface area contributed by atoms with Crippen molar-refractivity contribution < 1.29 is 4.79 Å². The summed E-state index contributed by atoms with van der Waals surface area (Å²) in [5.74, 6) is 2.69. The van der Waals surface area contributed by atoms with Crippen LogP contribution in [0.3, 0.4) is 0 Å². The number of benzene rings is 1. The van der Waals surface area contributed by atoms with Gasteiger partial charge in [0.1, 0.15) is 5.78 Å². The van der Waals surface area contributed by atoms with Gasteiger partial charge in [-0.25, -0.2) is 0 Å². The van der Waals surface area contributed by atoms with Crippen LogP contribution in [0.25, 0.3) is 0 Å². The summed E-state index contributed by atoms with van der Waals surface area (Å²) < 4.78 is 0. The fourth-order valence-electron chi connectivity index (χ4n) is 1.01. The third-order valence-corrected chi connectivity index (χ3v) is 1.57. The van der Waals surface area contributed by atoms with Gasteiger partial charge in [0, 0.05) is 12.0 Å². The molecule has 1 nitrogen and oxygen atoms in total. The van der Waals surface area contributed by atoms with Gasteiger partial charge in [0.25, 0.3) is 0 Å². The monoisotopic (exact) mass is 188 g/mol. The summed E-state index contributed by atoms with van der Waals surface area (Å²) in [6.07, 6.45) is 5.68. The molecule has 0 bridgehead atoms. The molecule has 0 atom stereocenters. The van der Waals surface area contributed by atoms with E-state index in [1.807, 2.05) is 38.1 Å². The normalized spacial score (nSPS) is 8.14. The van der Waals surface area contributed by atoms with E-state index in [0.717, 1.165) is 11.1 Å². The van der Waals surface area contributed by atoms with Crippen LogP contribution in [0.4, 0.5) is 0 Å². The highest BCUT2D eigenvalue weighted by Gasteiger charge is 1.95. The molecule has 0 heterocycles. The summed E-state index contributed by atoms with van der Waals surface area (Å²) in [6.45, 7) is 5.58. The molecule has 0 unspecified atom stereocenters. The van der Waals surface area contributed by atoms with Crippen molar-refractivity contribution in [2.24, 2.45) is 0 Å². The molecule has 0 aliphatic heterocycles. The summed E-state index contributed by atoms with van der Waals surface area (Å²) in [4.78, 5) is 10.7. The molecule has 1 aromatic carbocycles. The Kier molecular flexibility index (Phi) is 6.15. The van der Waals surface area contributed by atoms with E-state index in [1.165, 1.54) is 0 Å². The van der Waals surface area contributed by atoms with Gasteiger partial charge in [-0.2, -0.15) is 0 Å². The van der Waals surface area contributed by atoms with E-state index in [4.69, 9.17) is 6.42 Å². The zero-order chi connectivity index (χ0) is 11.0. The van der Waals surface area contributed by atoms with E-state index in [1.54, 1.807) is 6.92 Å². The molecule has 0 N–H and O–H groups in total. The highest BCUT2D eigenvalue weighted by atomic mass is 16.1. The van der Waals surface area contributed by atoms with Crippen LogP contribution in [-0.2, 0) is 11.2 Å². The van der Waals surface area contributed by atoms with Gasteiger partial charge in [0.15, 0.2) is 0 Å². The minimum absolute atomic E-state index is 0.170. The van der Waals surface area contributed by atoms with E-state index in [0.29, 0.717) is 6.42 Å². The van der Waals surface area contributed by atoms with Crippen LogP contribution in [0.15, 0.2) is 24.3 Å². The predicted molar refractivity (Wildman–Crippen MR) is 60.1 cm³/mol. The molecule has 1 rings (SSSR count). The standard InChI is InChI=1S/C11H10O.C2H6/c1-3-10-4-6-11(7-5-10)8-9(2)12;1-2/h1,4-7H,8H2,2H3;1-2H3. The summed E-state index contributed by atoms with van der Waals surface area (Å²) in [7, 11) is 0. The lowest BCUT2D eigenvalue weighted by molar-refractivity contribution is -0.116. The number of carbonyl (C=O) groups is 1. The topological polar surface area (TPSA) is 17.1 Å². The fourth-order valence-corrected chi connectivity index (χ4v) is 1.01. The van der Waals surface area contributed by atoms with Gasteiger partial charge in [0.2, 0.25) is 0 Å². The zero-order valence-electron chi connectivity index (χ0n) is 9.00. The van der Waals surface area contributed by atoms with Crippen molar-refractivity contribution in [2.45, 2.75) is 27.2 Å². The van der Waals surface area contributed by atoms with Crippen molar-refractivity contribution >= 4 is 5.78 Å². The predicted octanol–water partition coefficient (Wildman–Crippen LogP) is 2.83. The number of terminal acetylenes is 1. The number of hydrogen-bond acceptors (Lipinski definition) is 1. The van der Waals surface area contributed by atoms with E-state index >= 15 is 0 Å². The van der Waals surface area contributed by atoms with Gasteiger partial charge in [-0.05, 0) is 24.6 Å². The second kappa shape index (κ2) is 6.91. The molecule has 0 fully saturated rings. The minimum Gasteiger partial charge on any atom is -0.300 e. The van der Waals surface area contributed by atoms with Crippen LogP contribution in [0, 0.1) is 12.3 Å². The first kappa shape index (κ1) is 12.4. The molecular weight excluding hydrogens is 172 g/mol. The first-order valence-corrected chi connectivity index (χ1v) is 4.77. The number of carbonyl (C=O) groups excluding carboxylic acids is 1. The average Bonchev–Trinajstić information content (AvgIpc) is 2.21. The van der Waals surface area contributed by atoms with Crippen LogP contribution >= 0.6 is 0 Å². The van der Waals surface area contributed by atoms with Crippen molar-refractivity contribution in [2.75, 3.05) is 0 Å². The van der Waals surface area contributed by atoms with Gasteiger partial charge in [0.05, 0.1) is 0 Å².